The van der Waals surface area contributed by atoms with Crippen molar-refractivity contribution < 1.29 is 26.4 Å². The Kier molecular flexibility index (Phi) is 3.43. The third kappa shape index (κ3) is 2.44. The molecule has 1 aliphatic heterocycles. The van der Waals surface area contributed by atoms with E-state index in [0.29, 0.717) is 0 Å². The third-order valence-corrected chi connectivity index (χ3v) is 2.40. The van der Waals surface area contributed by atoms with Gasteiger partial charge in [-0.15, -0.1) is 8.42 Å². The van der Waals surface area contributed by atoms with Gasteiger partial charge in [0.2, 0.25) is 0 Å². The minimum absolute atomic E-state index is 0. The predicted octanol–water partition coefficient (Wildman–Crippen LogP) is -0.122. The van der Waals surface area contributed by atoms with Crippen molar-refractivity contribution in [2.45, 2.75) is 0 Å². The van der Waals surface area contributed by atoms with Crippen molar-refractivity contribution in [2.75, 3.05) is 0 Å². The standard InChI is InChI=1S/C8H4O6S.Li/c9-7-5-2-1-3-6(4-5)8(10)14-15(11,12)13-7;/h1-4H;. The number of benzene rings is 1. The van der Waals surface area contributed by atoms with Gasteiger partial charge in [0.25, 0.3) is 0 Å². The fraction of sp³-hybridized carbons (Fsp3) is 0. The van der Waals surface area contributed by atoms with E-state index in [1.165, 1.54) is 24.3 Å². The van der Waals surface area contributed by atoms with Crippen molar-refractivity contribution in [3.63, 3.8) is 0 Å². The summed E-state index contributed by atoms with van der Waals surface area (Å²) in [7, 11) is -4.60. The first-order valence-corrected chi connectivity index (χ1v) is 5.14. The van der Waals surface area contributed by atoms with E-state index in [4.69, 9.17) is 0 Å². The first-order chi connectivity index (χ1) is 6.98. The van der Waals surface area contributed by atoms with Gasteiger partial charge in [-0.3, -0.25) is 0 Å². The van der Waals surface area contributed by atoms with E-state index in [9.17, 15) is 18.0 Å². The molecule has 1 aliphatic rings. The van der Waals surface area contributed by atoms with Crippen LogP contribution in [0.1, 0.15) is 20.7 Å². The Balaban J connectivity index is 0.00000128. The zero-order valence-corrected chi connectivity index (χ0v) is 8.98. The molecule has 0 amide bonds. The quantitative estimate of drug-likeness (QED) is 0.582. The summed E-state index contributed by atoms with van der Waals surface area (Å²) < 4.78 is 29.8. The average molecular weight is 235 g/mol. The molecular weight excluding hydrogens is 231 g/mol. The summed E-state index contributed by atoms with van der Waals surface area (Å²) in [6.07, 6.45) is 0. The molecule has 2 bridgehead atoms. The summed E-state index contributed by atoms with van der Waals surface area (Å²) in [6, 6.07) is 5.28. The second kappa shape index (κ2) is 4.29. The van der Waals surface area contributed by atoms with E-state index in [2.05, 4.69) is 8.37 Å². The topological polar surface area (TPSA) is 86.7 Å². The van der Waals surface area contributed by atoms with Crippen LogP contribution in [0.2, 0.25) is 0 Å². The maximum Gasteiger partial charge on any atom is 0.506 e. The van der Waals surface area contributed by atoms with E-state index in [0.717, 1.165) is 0 Å². The summed E-state index contributed by atoms with van der Waals surface area (Å²) >= 11 is 0. The van der Waals surface area contributed by atoms with E-state index in [1.54, 1.807) is 0 Å². The number of hydrogen-bond acceptors (Lipinski definition) is 6. The average Bonchev–Trinajstić information content (AvgIpc) is 2.15. The minimum atomic E-state index is -4.60. The molecular formula is C8H4LiO6S. The van der Waals surface area contributed by atoms with Crippen molar-refractivity contribution >= 4 is 41.2 Å². The smallest absolute Gasteiger partial charge is 0.311 e. The number of fused-ring (bicyclic) bond motifs is 2. The van der Waals surface area contributed by atoms with Crippen molar-refractivity contribution in [1.82, 2.24) is 0 Å². The van der Waals surface area contributed by atoms with Gasteiger partial charge in [-0.2, -0.15) is 0 Å². The van der Waals surface area contributed by atoms with Gasteiger partial charge in [0.1, 0.15) is 0 Å². The number of carbonyl (C=O) groups excluding carboxylic acids is 2. The zero-order chi connectivity index (χ0) is 11.1. The van der Waals surface area contributed by atoms with Crippen LogP contribution in [0.3, 0.4) is 0 Å². The van der Waals surface area contributed by atoms with Crippen LogP contribution in [0.25, 0.3) is 0 Å². The first-order valence-electron chi connectivity index (χ1n) is 3.80. The van der Waals surface area contributed by atoms with Gasteiger partial charge in [0.05, 0.1) is 11.1 Å². The number of hydrogen-bond donors (Lipinski definition) is 0. The molecule has 0 spiro atoms. The first kappa shape index (κ1) is 12.8. The van der Waals surface area contributed by atoms with Crippen LogP contribution in [0.15, 0.2) is 24.3 Å². The summed E-state index contributed by atoms with van der Waals surface area (Å²) in [4.78, 5) is 22.3. The molecule has 16 heavy (non-hydrogen) atoms. The fourth-order valence-corrected chi connectivity index (χ4v) is 1.67. The number of rotatable bonds is 0. The van der Waals surface area contributed by atoms with Crippen LogP contribution in [-0.2, 0) is 18.8 Å². The molecule has 1 heterocycles. The molecule has 0 aromatic heterocycles. The van der Waals surface area contributed by atoms with Gasteiger partial charge in [-0.25, -0.2) is 9.59 Å². The van der Waals surface area contributed by atoms with Crippen LogP contribution < -0.4 is 0 Å². The van der Waals surface area contributed by atoms with Gasteiger partial charge in [0.15, 0.2) is 0 Å². The van der Waals surface area contributed by atoms with Crippen LogP contribution in [0, 0.1) is 0 Å². The largest absolute Gasteiger partial charge is 0.506 e. The Labute approximate surface area is 103 Å². The molecule has 0 aliphatic carbocycles. The Morgan fingerprint density at radius 3 is 1.81 bits per heavy atom. The molecule has 1 aromatic rings. The molecule has 2 rings (SSSR count). The van der Waals surface area contributed by atoms with Crippen LogP contribution in [-0.4, -0.2) is 39.2 Å². The summed E-state index contributed by atoms with van der Waals surface area (Å²) in [6.45, 7) is 0. The molecule has 0 saturated heterocycles. The molecule has 79 valence electrons. The number of carbonyl (C=O) groups is 2. The molecule has 1 radical (unpaired) electrons. The van der Waals surface area contributed by atoms with Gasteiger partial charge in [0, 0.05) is 18.9 Å². The molecule has 0 atom stereocenters. The molecule has 8 heteroatoms. The van der Waals surface area contributed by atoms with Gasteiger partial charge in [-0.1, -0.05) is 6.07 Å². The van der Waals surface area contributed by atoms with Gasteiger partial charge < -0.3 is 8.37 Å². The normalized spacial score (nSPS) is 17.2. The maximum atomic E-state index is 11.2. The van der Waals surface area contributed by atoms with Crippen molar-refractivity contribution in [3.05, 3.63) is 35.4 Å². The van der Waals surface area contributed by atoms with E-state index in [1.807, 2.05) is 0 Å². The van der Waals surface area contributed by atoms with Crippen LogP contribution >= 0.6 is 0 Å². The van der Waals surface area contributed by atoms with Crippen molar-refractivity contribution in [1.29, 1.82) is 0 Å². The second-order valence-electron chi connectivity index (χ2n) is 2.73. The van der Waals surface area contributed by atoms with Crippen molar-refractivity contribution in [2.24, 2.45) is 0 Å². The van der Waals surface area contributed by atoms with Crippen LogP contribution in [0.4, 0.5) is 0 Å². The predicted molar refractivity (Wildman–Crippen MR) is 51.9 cm³/mol. The van der Waals surface area contributed by atoms with Crippen molar-refractivity contribution in [3.8, 4) is 0 Å². The summed E-state index contributed by atoms with van der Waals surface area (Å²) in [5.41, 5.74) is -0.0412. The Bertz CT molecular complexity index is 510. The molecule has 0 unspecified atom stereocenters. The maximum absolute atomic E-state index is 11.2. The Morgan fingerprint density at radius 2 is 1.38 bits per heavy atom. The Morgan fingerprint density at radius 1 is 0.938 bits per heavy atom. The monoisotopic (exact) mass is 235 g/mol. The summed E-state index contributed by atoms with van der Waals surface area (Å²) in [5.74, 6) is -2.16. The van der Waals surface area contributed by atoms with E-state index >= 15 is 0 Å². The fourth-order valence-electron chi connectivity index (χ4n) is 1.07. The molecule has 1 aromatic carbocycles. The zero-order valence-electron chi connectivity index (χ0n) is 8.17. The molecule has 6 nitrogen and oxygen atoms in total. The SMILES string of the molecule is O=C1OS(=O)(=O)OC(=O)c2cccc1c2.[Li]. The molecule has 0 saturated carbocycles. The Hall–Kier alpha value is -1.29. The van der Waals surface area contributed by atoms with Gasteiger partial charge in [-0.05, 0) is 18.2 Å². The third-order valence-electron chi connectivity index (χ3n) is 1.69. The van der Waals surface area contributed by atoms with Crippen LogP contribution in [0.5, 0.6) is 0 Å². The van der Waals surface area contributed by atoms with E-state index < -0.39 is 22.3 Å². The van der Waals surface area contributed by atoms with Gasteiger partial charge >= 0.3 is 22.3 Å². The van der Waals surface area contributed by atoms with E-state index in [-0.39, 0.29) is 30.0 Å². The minimum Gasteiger partial charge on any atom is -0.311 e. The second-order valence-corrected chi connectivity index (χ2v) is 3.88. The molecule has 0 fully saturated rings. The summed E-state index contributed by atoms with van der Waals surface area (Å²) in [5, 5.41) is 0. The molecule has 0 N–H and O–H groups in total.